The van der Waals surface area contributed by atoms with Crippen molar-refractivity contribution in [3.8, 4) is 0 Å². The SMILES string of the molecule is CN=C(NCCN(C)CCCOC)NCC1(Sc2ccccc2)CC1.I. The third-order valence-corrected chi connectivity index (χ3v) is 5.85. The van der Waals surface area contributed by atoms with Crippen molar-refractivity contribution in [1.82, 2.24) is 15.5 Å². The van der Waals surface area contributed by atoms with Crippen molar-refractivity contribution < 1.29 is 4.74 Å². The molecule has 1 aliphatic rings. The van der Waals surface area contributed by atoms with Crippen LogP contribution in [-0.2, 0) is 4.74 Å². The van der Waals surface area contributed by atoms with Crippen LogP contribution in [0, 0.1) is 0 Å². The van der Waals surface area contributed by atoms with Crippen LogP contribution in [0.15, 0.2) is 40.2 Å². The number of likely N-dealkylation sites (N-methyl/N-ethyl adjacent to an activating group) is 1. The lowest BCUT2D eigenvalue weighted by Gasteiger charge is -2.20. The monoisotopic (exact) mass is 492 g/mol. The highest BCUT2D eigenvalue weighted by Crippen LogP contribution is 2.51. The second-order valence-corrected chi connectivity index (χ2v) is 8.14. The van der Waals surface area contributed by atoms with Crippen molar-refractivity contribution in [3.05, 3.63) is 30.3 Å². The fraction of sp³-hybridized carbons (Fsp3) is 0.632. The lowest BCUT2D eigenvalue weighted by molar-refractivity contribution is 0.180. The largest absolute Gasteiger partial charge is 0.385 e. The Morgan fingerprint density at radius 2 is 1.96 bits per heavy atom. The van der Waals surface area contributed by atoms with Gasteiger partial charge in [-0.25, -0.2) is 0 Å². The molecule has 0 spiro atoms. The number of hydrogen-bond acceptors (Lipinski definition) is 4. The van der Waals surface area contributed by atoms with Gasteiger partial charge < -0.3 is 20.3 Å². The number of nitrogens with one attached hydrogen (secondary N) is 2. The van der Waals surface area contributed by atoms with E-state index in [1.54, 1.807) is 7.11 Å². The zero-order chi connectivity index (χ0) is 18.0. The van der Waals surface area contributed by atoms with Gasteiger partial charge in [0.2, 0.25) is 0 Å². The van der Waals surface area contributed by atoms with Crippen molar-refractivity contribution in [3.63, 3.8) is 0 Å². The summed E-state index contributed by atoms with van der Waals surface area (Å²) in [7, 11) is 5.73. The molecule has 0 amide bonds. The Morgan fingerprint density at radius 3 is 2.58 bits per heavy atom. The molecule has 1 aliphatic carbocycles. The predicted molar refractivity (Wildman–Crippen MR) is 123 cm³/mol. The zero-order valence-electron chi connectivity index (χ0n) is 16.2. The highest BCUT2D eigenvalue weighted by atomic mass is 127. The van der Waals surface area contributed by atoms with E-state index >= 15 is 0 Å². The second kappa shape index (κ2) is 12.8. The molecule has 1 aromatic rings. The molecular weight excluding hydrogens is 459 g/mol. The van der Waals surface area contributed by atoms with Crippen molar-refractivity contribution in [2.75, 3.05) is 54.0 Å². The maximum Gasteiger partial charge on any atom is 0.191 e. The smallest absolute Gasteiger partial charge is 0.191 e. The van der Waals surface area contributed by atoms with Gasteiger partial charge in [-0.1, -0.05) is 18.2 Å². The molecule has 0 bridgehead atoms. The maximum absolute atomic E-state index is 5.09. The molecule has 2 N–H and O–H groups in total. The van der Waals surface area contributed by atoms with Crippen LogP contribution in [0.25, 0.3) is 0 Å². The van der Waals surface area contributed by atoms with E-state index in [1.807, 2.05) is 18.8 Å². The van der Waals surface area contributed by atoms with Crippen LogP contribution in [0.5, 0.6) is 0 Å². The molecular formula is C19H33IN4OS. The Balaban J connectivity index is 0.00000338. The molecule has 0 heterocycles. The van der Waals surface area contributed by atoms with E-state index in [-0.39, 0.29) is 24.0 Å². The minimum absolute atomic E-state index is 0. The van der Waals surface area contributed by atoms with Gasteiger partial charge in [-0.2, -0.15) is 0 Å². The van der Waals surface area contributed by atoms with E-state index < -0.39 is 0 Å². The van der Waals surface area contributed by atoms with Crippen molar-refractivity contribution in [1.29, 1.82) is 0 Å². The summed E-state index contributed by atoms with van der Waals surface area (Å²) in [5.74, 6) is 0.894. The number of methoxy groups -OCH3 is 1. The van der Waals surface area contributed by atoms with Crippen LogP contribution in [0.4, 0.5) is 0 Å². The van der Waals surface area contributed by atoms with Crippen LogP contribution < -0.4 is 10.6 Å². The molecule has 7 heteroatoms. The lowest BCUT2D eigenvalue weighted by atomic mass is 10.4. The molecule has 0 radical (unpaired) electrons. The first-order valence-corrected chi connectivity index (χ1v) is 9.85. The van der Waals surface area contributed by atoms with Crippen LogP contribution in [0.2, 0.25) is 0 Å². The third-order valence-electron chi connectivity index (χ3n) is 4.36. The van der Waals surface area contributed by atoms with Gasteiger partial charge >= 0.3 is 0 Å². The molecule has 2 rings (SSSR count). The molecule has 0 atom stereocenters. The maximum atomic E-state index is 5.09. The van der Waals surface area contributed by atoms with Crippen LogP contribution in [-0.4, -0.2) is 69.6 Å². The Labute approximate surface area is 179 Å². The molecule has 0 saturated heterocycles. The quantitative estimate of drug-likeness (QED) is 0.215. The number of aliphatic imine (C=N–C) groups is 1. The van der Waals surface area contributed by atoms with E-state index in [2.05, 4.69) is 57.9 Å². The van der Waals surface area contributed by atoms with E-state index in [1.165, 1.54) is 17.7 Å². The number of rotatable bonds is 11. The molecule has 0 aromatic heterocycles. The normalized spacial score (nSPS) is 15.5. The van der Waals surface area contributed by atoms with Gasteiger partial charge in [-0.15, -0.1) is 35.7 Å². The Bertz CT molecular complexity index is 526. The minimum Gasteiger partial charge on any atom is -0.385 e. The van der Waals surface area contributed by atoms with Crippen molar-refractivity contribution >= 4 is 41.7 Å². The second-order valence-electron chi connectivity index (χ2n) is 6.60. The predicted octanol–water partition coefficient (Wildman–Crippen LogP) is 3.06. The summed E-state index contributed by atoms with van der Waals surface area (Å²) in [6.45, 7) is 4.72. The standard InChI is InChI=1S/C19H32N4OS.HI/c1-20-18(21-12-14-23(2)13-7-15-24-3)22-16-19(10-11-19)25-17-8-5-4-6-9-17;/h4-6,8-9H,7,10-16H2,1-3H3,(H2,20,21,22);1H. The molecule has 5 nitrogen and oxygen atoms in total. The number of hydrogen-bond donors (Lipinski definition) is 2. The highest BCUT2D eigenvalue weighted by Gasteiger charge is 2.43. The van der Waals surface area contributed by atoms with Gasteiger partial charge in [0.25, 0.3) is 0 Å². The first-order valence-electron chi connectivity index (χ1n) is 9.03. The average Bonchev–Trinajstić information content (AvgIpc) is 3.38. The number of halogens is 1. The van der Waals surface area contributed by atoms with Crippen molar-refractivity contribution in [2.24, 2.45) is 4.99 Å². The van der Waals surface area contributed by atoms with E-state index in [9.17, 15) is 0 Å². The van der Waals surface area contributed by atoms with Gasteiger partial charge in [-0.3, -0.25) is 4.99 Å². The third kappa shape index (κ3) is 8.92. The number of thioether (sulfide) groups is 1. The molecule has 1 fully saturated rings. The molecule has 1 aromatic carbocycles. The van der Waals surface area contributed by atoms with Crippen LogP contribution in [0.3, 0.4) is 0 Å². The van der Waals surface area contributed by atoms with E-state index in [4.69, 9.17) is 4.74 Å². The van der Waals surface area contributed by atoms with Gasteiger partial charge in [0.15, 0.2) is 5.96 Å². The number of guanidine groups is 1. The topological polar surface area (TPSA) is 48.9 Å². The zero-order valence-corrected chi connectivity index (χ0v) is 19.3. The fourth-order valence-corrected chi connectivity index (χ4v) is 3.86. The molecule has 26 heavy (non-hydrogen) atoms. The summed E-state index contributed by atoms with van der Waals surface area (Å²) in [6.07, 6.45) is 3.59. The minimum atomic E-state index is 0. The van der Waals surface area contributed by atoms with E-state index in [0.29, 0.717) is 4.75 Å². The summed E-state index contributed by atoms with van der Waals surface area (Å²) in [5.41, 5.74) is 0. The lowest BCUT2D eigenvalue weighted by Crippen LogP contribution is -2.43. The van der Waals surface area contributed by atoms with Gasteiger partial charge in [0.1, 0.15) is 0 Å². The first kappa shape index (κ1) is 23.5. The molecule has 1 saturated carbocycles. The summed E-state index contributed by atoms with van der Waals surface area (Å²) in [5, 5.41) is 6.91. The molecule has 0 unspecified atom stereocenters. The molecule has 148 valence electrons. The first-order chi connectivity index (χ1) is 12.2. The van der Waals surface area contributed by atoms with Gasteiger partial charge in [0.05, 0.1) is 0 Å². The fourth-order valence-electron chi connectivity index (χ4n) is 2.61. The highest BCUT2D eigenvalue weighted by molar-refractivity contribution is 14.0. The number of ether oxygens (including phenoxy) is 1. The Morgan fingerprint density at radius 1 is 1.23 bits per heavy atom. The number of nitrogens with zero attached hydrogens (tertiary/aromatic N) is 2. The summed E-state index contributed by atoms with van der Waals surface area (Å²) >= 11 is 1.98. The Hall–Kier alpha value is -0.510. The summed E-state index contributed by atoms with van der Waals surface area (Å²) in [6, 6.07) is 10.7. The van der Waals surface area contributed by atoms with Crippen LogP contribution in [0.1, 0.15) is 19.3 Å². The van der Waals surface area contributed by atoms with Crippen molar-refractivity contribution in [2.45, 2.75) is 28.9 Å². The Kier molecular flexibility index (Phi) is 11.6. The summed E-state index contributed by atoms with van der Waals surface area (Å²) in [4.78, 5) is 8.01. The summed E-state index contributed by atoms with van der Waals surface area (Å²) < 4.78 is 5.42. The van der Waals surface area contributed by atoms with E-state index in [0.717, 1.165) is 45.2 Å². The average molecular weight is 492 g/mol. The van der Waals surface area contributed by atoms with Crippen LogP contribution >= 0.6 is 35.7 Å². The number of benzene rings is 1. The van der Waals surface area contributed by atoms with Gasteiger partial charge in [0, 0.05) is 56.6 Å². The molecule has 0 aliphatic heterocycles. The van der Waals surface area contributed by atoms with Gasteiger partial charge in [-0.05, 0) is 38.4 Å².